The van der Waals surface area contributed by atoms with Gasteiger partial charge in [-0.25, -0.2) is 4.79 Å². The van der Waals surface area contributed by atoms with Crippen LogP contribution in [0.25, 0.3) is 16.8 Å². The summed E-state index contributed by atoms with van der Waals surface area (Å²) in [5, 5.41) is 0.793. The van der Waals surface area contributed by atoms with Crippen LogP contribution < -0.4 is 0 Å². The Labute approximate surface area is 191 Å². The number of halogens is 2. The minimum absolute atomic E-state index is 0.0825. The van der Waals surface area contributed by atoms with Crippen molar-refractivity contribution in [1.29, 1.82) is 0 Å². The van der Waals surface area contributed by atoms with Crippen molar-refractivity contribution in [3.8, 4) is 11.3 Å². The molecule has 31 heavy (non-hydrogen) atoms. The van der Waals surface area contributed by atoms with E-state index in [-0.39, 0.29) is 17.1 Å². The Morgan fingerprint density at radius 3 is 2.39 bits per heavy atom. The second-order valence-corrected chi connectivity index (χ2v) is 9.07. The maximum absolute atomic E-state index is 13.5. The number of nitrogens with zero attached hydrogens (tertiary/aromatic N) is 1. The number of ketones is 1. The van der Waals surface area contributed by atoms with E-state index < -0.39 is 17.4 Å². The Balaban J connectivity index is 2.29. The molecule has 0 fully saturated rings. The molecule has 0 saturated carbocycles. The Morgan fingerprint density at radius 1 is 1.10 bits per heavy atom. The molecule has 0 saturated heterocycles. The van der Waals surface area contributed by atoms with E-state index in [9.17, 15) is 9.59 Å². The first-order valence-corrected chi connectivity index (χ1v) is 10.3. The SMILES string of the molecule is COC(=O)OC1=C(c2cc(-c3ncc(Cl)cc3Cl)ccc2C)C(=O)C(C)(C)OC1(C)C. The average molecular weight is 464 g/mol. The van der Waals surface area contributed by atoms with Gasteiger partial charge < -0.3 is 14.2 Å². The van der Waals surface area contributed by atoms with Crippen molar-refractivity contribution in [1.82, 2.24) is 4.98 Å². The third kappa shape index (κ3) is 4.47. The zero-order chi connectivity index (χ0) is 23.1. The smallest absolute Gasteiger partial charge is 0.437 e. The summed E-state index contributed by atoms with van der Waals surface area (Å²) in [6, 6.07) is 7.09. The molecular formula is C23H23Cl2NO5. The van der Waals surface area contributed by atoms with Crippen LogP contribution in [-0.2, 0) is 19.0 Å². The van der Waals surface area contributed by atoms with Gasteiger partial charge in [-0.2, -0.15) is 0 Å². The Kier molecular flexibility index (Phi) is 6.20. The number of hydrogen-bond donors (Lipinski definition) is 0. The number of aryl methyl sites for hydroxylation is 1. The summed E-state index contributed by atoms with van der Waals surface area (Å²) in [5.74, 6) is -0.236. The molecule has 1 aliphatic heterocycles. The van der Waals surface area contributed by atoms with E-state index >= 15 is 0 Å². The van der Waals surface area contributed by atoms with Gasteiger partial charge in [0.25, 0.3) is 0 Å². The Hall–Kier alpha value is -2.41. The molecule has 1 aromatic carbocycles. The second kappa shape index (κ2) is 8.26. The number of aromatic nitrogens is 1. The Morgan fingerprint density at radius 2 is 1.77 bits per heavy atom. The molecule has 164 valence electrons. The first-order chi connectivity index (χ1) is 14.4. The lowest BCUT2D eigenvalue weighted by Gasteiger charge is -2.41. The summed E-state index contributed by atoms with van der Waals surface area (Å²) in [6.07, 6.45) is 0.562. The highest BCUT2D eigenvalue weighted by molar-refractivity contribution is 6.36. The standard InChI is InChI=1S/C23H23Cl2NO5/c1-12-7-8-13(18-16(25)10-14(24)11-26-18)9-15(12)17-19(27)22(2,3)31-23(4,5)20(17)30-21(28)29-6/h7-11H,1-6H3. The van der Waals surface area contributed by atoms with Crippen LogP contribution in [0.4, 0.5) is 4.79 Å². The number of ether oxygens (including phenoxy) is 3. The van der Waals surface area contributed by atoms with Gasteiger partial charge in [-0.15, -0.1) is 0 Å². The van der Waals surface area contributed by atoms with Crippen LogP contribution in [0.2, 0.25) is 10.0 Å². The maximum Gasteiger partial charge on any atom is 0.513 e. The number of rotatable bonds is 3. The molecule has 0 amide bonds. The van der Waals surface area contributed by atoms with Gasteiger partial charge in [-0.3, -0.25) is 9.78 Å². The largest absolute Gasteiger partial charge is 0.513 e. The summed E-state index contributed by atoms with van der Waals surface area (Å²) in [4.78, 5) is 29.8. The lowest BCUT2D eigenvalue weighted by atomic mass is 9.81. The van der Waals surface area contributed by atoms with Crippen LogP contribution in [0.5, 0.6) is 0 Å². The Bertz CT molecular complexity index is 1110. The molecule has 0 radical (unpaired) electrons. The second-order valence-electron chi connectivity index (χ2n) is 8.23. The maximum atomic E-state index is 13.5. The molecular weight excluding hydrogens is 441 g/mol. The molecule has 0 unspecified atom stereocenters. The van der Waals surface area contributed by atoms with E-state index in [4.69, 9.17) is 32.7 Å². The first-order valence-electron chi connectivity index (χ1n) is 9.55. The predicted octanol–water partition coefficient (Wildman–Crippen LogP) is 6.01. The molecule has 1 aliphatic rings. The van der Waals surface area contributed by atoms with Gasteiger partial charge in [0.2, 0.25) is 0 Å². The number of hydrogen-bond acceptors (Lipinski definition) is 6. The van der Waals surface area contributed by atoms with Crippen LogP contribution >= 0.6 is 23.2 Å². The predicted molar refractivity (Wildman–Crippen MR) is 119 cm³/mol. The minimum Gasteiger partial charge on any atom is -0.437 e. The lowest BCUT2D eigenvalue weighted by molar-refractivity contribution is -0.158. The van der Waals surface area contributed by atoms with Crippen LogP contribution in [0.15, 0.2) is 36.2 Å². The molecule has 1 aromatic heterocycles. The van der Waals surface area contributed by atoms with Crippen LogP contribution in [0.3, 0.4) is 0 Å². The molecule has 2 heterocycles. The molecule has 0 spiro atoms. The number of benzene rings is 1. The summed E-state index contributed by atoms with van der Waals surface area (Å²) in [5.41, 5.74) is 0.620. The molecule has 6 nitrogen and oxygen atoms in total. The van der Waals surface area contributed by atoms with Crippen molar-refractivity contribution < 1.29 is 23.8 Å². The zero-order valence-electron chi connectivity index (χ0n) is 18.1. The number of carbonyl (C=O) groups is 2. The molecule has 0 N–H and O–H groups in total. The number of Topliss-reactive ketones (excluding diaryl/α,β-unsaturated/α-hetero) is 1. The van der Waals surface area contributed by atoms with Crippen LogP contribution in [-0.4, -0.2) is 35.2 Å². The van der Waals surface area contributed by atoms with E-state index in [2.05, 4.69) is 9.72 Å². The highest BCUT2D eigenvalue weighted by Gasteiger charge is 2.49. The lowest BCUT2D eigenvalue weighted by Crippen LogP contribution is -2.50. The first kappa shape index (κ1) is 23.3. The fourth-order valence-corrected chi connectivity index (χ4v) is 4.13. The molecule has 0 atom stereocenters. The topological polar surface area (TPSA) is 74.7 Å². The normalized spacial score (nSPS) is 17.5. The van der Waals surface area contributed by atoms with Gasteiger partial charge in [0.15, 0.2) is 11.5 Å². The number of carbonyl (C=O) groups excluding carboxylic acids is 2. The van der Waals surface area contributed by atoms with Gasteiger partial charge in [-0.05, 0) is 57.9 Å². The summed E-state index contributed by atoms with van der Waals surface area (Å²) < 4.78 is 16.1. The fraction of sp³-hybridized carbons (Fsp3) is 0.348. The summed E-state index contributed by atoms with van der Waals surface area (Å²) >= 11 is 12.3. The average Bonchev–Trinajstić information content (AvgIpc) is 2.67. The van der Waals surface area contributed by atoms with Gasteiger partial charge in [-0.1, -0.05) is 35.3 Å². The zero-order valence-corrected chi connectivity index (χ0v) is 19.6. The highest BCUT2D eigenvalue weighted by Crippen LogP contribution is 2.43. The number of pyridine rings is 1. The molecule has 2 aromatic rings. The number of methoxy groups -OCH3 is 1. The van der Waals surface area contributed by atoms with Crippen molar-refractivity contribution in [2.45, 2.75) is 45.8 Å². The van der Waals surface area contributed by atoms with E-state index in [0.717, 1.165) is 5.56 Å². The molecule has 0 aliphatic carbocycles. The van der Waals surface area contributed by atoms with Crippen molar-refractivity contribution in [2.75, 3.05) is 7.11 Å². The summed E-state index contributed by atoms with van der Waals surface area (Å²) in [6.45, 7) is 8.69. The van der Waals surface area contributed by atoms with E-state index in [1.165, 1.54) is 13.3 Å². The van der Waals surface area contributed by atoms with Crippen molar-refractivity contribution in [3.05, 3.63) is 57.4 Å². The van der Waals surface area contributed by atoms with E-state index in [0.29, 0.717) is 26.9 Å². The van der Waals surface area contributed by atoms with Gasteiger partial charge in [0.05, 0.1) is 28.4 Å². The fourth-order valence-electron chi connectivity index (χ4n) is 3.64. The van der Waals surface area contributed by atoms with E-state index in [1.807, 2.05) is 19.1 Å². The van der Waals surface area contributed by atoms with Crippen LogP contribution in [0.1, 0.15) is 38.8 Å². The third-order valence-electron chi connectivity index (χ3n) is 5.00. The monoisotopic (exact) mass is 463 g/mol. The minimum atomic E-state index is -1.14. The van der Waals surface area contributed by atoms with Crippen molar-refractivity contribution in [2.24, 2.45) is 0 Å². The van der Waals surface area contributed by atoms with Crippen molar-refractivity contribution >= 4 is 40.7 Å². The van der Waals surface area contributed by atoms with Crippen molar-refractivity contribution in [3.63, 3.8) is 0 Å². The third-order valence-corrected chi connectivity index (χ3v) is 5.49. The van der Waals surface area contributed by atoms with Crippen LogP contribution in [0, 0.1) is 6.92 Å². The van der Waals surface area contributed by atoms with Gasteiger partial charge in [0, 0.05) is 11.8 Å². The van der Waals surface area contributed by atoms with Gasteiger partial charge in [0.1, 0.15) is 11.2 Å². The molecule has 3 rings (SSSR count). The molecule has 8 heteroatoms. The quantitative estimate of drug-likeness (QED) is 0.518. The molecule has 0 bridgehead atoms. The van der Waals surface area contributed by atoms with Gasteiger partial charge >= 0.3 is 6.16 Å². The highest BCUT2D eigenvalue weighted by atomic mass is 35.5. The van der Waals surface area contributed by atoms with E-state index in [1.54, 1.807) is 39.8 Å². The summed E-state index contributed by atoms with van der Waals surface area (Å²) in [7, 11) is 1.20.